The first-order chi connectivity index (χ1) is 16.2. The topological polar surface area (TPSA) is 66.8 Å². The van der Waals surface area contributed by atoms with Crippen molar-refractivity contribution in [3.05, 3.63) is 96.6 Å². The van der Waals surface area contributed by atoms with E-state index in [1.165, 1.54) is 12.3 Å². The van der Waals surface area contributed by atoms with Crippen LogP contribution < -0.4 is 5.32 Å². The van der Waals surface area contributed by atoms with E-state index in [9.17, 15) is 4.39 Å². The summed E-state index contributed by atoms with van der Waals surface area (Å²) in [5.74, 6) is 1.20. The Kier molecular flexibility index (Phi) is 6.30. The standard InChI is InChI=1S/C26H25FN6/c27-20-11-12-22(29-17-20)18-33-14-5-4-10-24(33)26-31-23(19-7-6-13-28-16-19)15-25(32-26)30-21-8-2-1-3-9-21/h1-3,6-9,11-13,15-17,24H,4-5,10,14,18H2,(H,30,31,32). The van der Waals surface area contributed by atoms with Crippen LogP contribution in [-0.4, -0.2) is 31.4 Å². The van der Waals surface area contributed by atoms with Crippen molar-refractivity contribution in [3.63, 3.8) is 0 Å². The summed E-state index contributed by atoms with van der Waals surface area (Å²) in [5.41, 5.74) is 3.58. The Bertz CT molecular complexity index is 1180. The van der Waals surface area contributed by atoms with Gasteiger partial charge in [-0.1, -0.05) is 24.6 Å². The van der Waals surface area contributed by atoms with Gasteiger partial charge in [0.15, 0.2) is 0 Å². The molecule has 1 N–H and O–H groups in total. The number of benzene rings is 1. The Morgan fingerprint density at radius 3 is 2.67 bits per heavy atom. The number of pyridine rings is 2. The molecule has 166 valence electrons. The maximum absolute atomic E-state index is 13.3. The number of hydrogen-bond donors (Lipinski definition) is 1. The number of rotatable bonds is 6. The third-order valence-corrected chi connectivity index (χ3v) is 5.81. The van der Waals surface area contributed by atoms with Gasteiger partial charge in [0.05, 0.1) is 23.6 Å². The van der Waals surface area contributed by atoms with Crippen LogP contribution in [0, 0.1) is 5.82 Å². The van der Waals surface area contributed by atoms with E-state index in [1.54, 1.807) is 12.3 Å². The third kappa shape index (κ3) is 5.21. The molecule has 0 bridgehead atoms. The van der Waals surface area contributed by atoms with Gasteiger partial charge in [0, 0.05) is 36.3 Å². The molecule has 4 heterocycles. The van der Waals surface area contributed by atoms with Crippen LogP contribution in [0.1, 0.15) is 36.8 Å². The minimum absolute atomic E-state index is 0.0542. The zero-order valence-electron chi connectivity index (χ0n) is 18.2. The van der Waals surface area contributed by atoms with Gasteiger partial charge in [-0.3, -0.25) is 14.9 Å². The predicted molar refractivity (Wildman–Crippen MR) is 126 cm³/mol. The SMILES string of the molecule is Fc1ccc(CN2CCCCC2c2nc(Nc3ccccc3)cc(-c3cccnc3)n2)nc1. The molecule has 1 aliphatic heterocycles. The van der Waals surface area contributed by atoms with E-state index in [2.05, 4.69) is 20.2 Å². The van der Waals surface area contributed by atoms with E-state index in [-0.39, 0.29) is 11.9 Å². The largest absolute Gasteiger partial charge is 0.340 e. The molecule has 5 rings (SSSR count). The number of piperidine rings is 1. The Balaban J connectivity index is 1.50. The van der Waals surface area contributed by atoms with Gasteiger partial charge in [0.25, 0.3) is 0 Å². The molecule has 6 nitrogen and oxygen atoms in total. The van der Waals surface area contributed by atoms with E-state index >= 15 is 0 Å². The molecular formula is C26H25FN6. The first kappa shape index (κ1) is 21.2. The fourth-order valence-electron chi connectivity index (χ4n) is 4.19. The summed E-state index contributed by atoms with van der Waals surface area (Å²) >= 11 is 0. The zero-order chi connectivity index (χ0) is 22.5. The van der Waals surface area contributed by atoms with Crippen LogP contribution in [0.2, 0.25) is 0 Å². The second-order valence-electron chi connectivity index (χ2n) is 8.18. The summed E-state index contributed by atoms with van der Waals surface area (Å²) in [6.45, 7) is 1.55. The van der Waals surface area contributed by atoms with Crippen LogP contribution in [0.25, 0.3) is 11.3 Å². The molecule has 3 aromatic heterocycles. The maximum Gasteiger partial charge on any atom is 0.148 e. The number of anilines is 2. The number of para-hydroxylation sites is 1. The molecule has 0 aliphatic carbocycles. The lowest BCUT2D eigenvalue weighted by molar-refractivity contribution is 0.132. The number of likely N-dealkylation sites (tertiary alicyclic amines) is 1. The summed E-state index contributed by atoms with van der Waals surface area (Å²) in [4.78, 5) is 20.8. The molecule has 1 atom stereocenters. The lowest BCUT2D eigenvalue weighted by atomic mass is 10.0. The van der Waals surface area contributed by atoms with Crippen molar-refractivity contribution in [3.8, 4) is 11.3 Å². The normalized spacial score (nSPS) is 16.5. The highest BCUT2D eigenvalue weighted by molar-refractivity contribution is 5.65. The average molecular weight is 441 g/mol. The van der Waals surface area contributed by atoms with E-state index in [4.69, 9.17) is 9.97 Å². The van der Waals surface area contributed by atoms with E-state index < -0.39 is 0 Å². The van der Waals surface area contributed by atoms with Crippen LogP contribution in [0.3, 0.4) is 0 Å². The molecule has 7 heteroatoms. The fraction of sp³-hybridized carbons (Fsp3) is 0.231. The Morgan fingerprint density at radius 2 is 1.88 bits per heavy atom. The molecular weight excluding hydrogens is 415 g/mol. The quantitative estimate of drug-likeness (QED) is 0.424. The van der Waals surface area contributed by atoms with Crippen LogP contribution in [-0.2, 0) is 6.54 Å². The van der Waals surface area contributed by atoms with Gasteiger partial charge in [-0.15, -0.1) is 0 Å². The summed E-state index contributed by atoms with van der Waals surface area (Å²) in [5, 5.41) is 3.42. The van der Waals surface area contributed by atoms with E-state index in [0.29, 0.717) is 6.54 Å². The highest BCUT2D eigenvalue weighted by Crippen LogP contribution is 2.32. The molecule has 4 aromatic rings. The smallest absolute Gasteiger partial charge is 0.148 e. The first-order valence-corrected chi connectivity index (χ1v) is 11.2. The lowest BCUT2D eigenvalue weighted by Crippen LogP contribution is -2.34. The van der Waals surface area contributed by atoms with Crippen molar-refractivity contribution in [1.82, 2.24) is 24.8 Å². The Hall–Kier alpha value is -3.71. The van der Waals surface area contributed by atoms with Gasteiger partial charge in [-0.2, -0.15) is 0 Å². The molecule has 1 saturated heterocycles. The number of halogens is 1. The van der Waals surface area contributed by atoms with Crippen LogP contribution >= 0.6 is 0 Å². The molecule has 1 fully saturated rings. The molecule has 33 heavy (non-hydrogen) atoms. The van der Waals surface area contributed by atoms with Crippen molar-refractivity contribution in [1.29, 1.82) is 0 Å². The molecule has 0 spiro atoms. The number of aromatic nitrogens is 4. The zero-order valence-corrected chi connectivity index (χ0v) is 18.2. The second-order valence-corrected chi connectivity index (χ2v) is 8.18. The summed E-state index contributed by atoms with van der Waals surface area (Å²) in [6.07, 6.45) is 8.03. The molecule has 0 radical (unpaired) electrons. The lowest BCUT2D eigenvalue weighted by Gasteiger charge is -2.34. The van der Waals surface area contributed by atoms with Gasteiger partial charge in [-0.25, -0.2) is 14.4 Å². The molecule has 1 unspecified atom stereocenters. The summed E-state index contributed by atoms with van der Waals surface area (Å²) in [6, 6.07) is 19.1. The summed E-state index contributed by atoms with van der Waals surface area (Å²) < 4.78 is 13.3. The van der Waals surface area contributed by atoms with Gasteiger partial charge in [-0.05, 0) is 55.8 Å². The van der Waals surface area contributed by atoms with Crippen molar-refractivity contribution < 1.29 is 4.39 Å². The average Bonchev–Trinajstić information content (AvgIpc) is 2.87. The second kappa shape index (κ2) is 9.83. The van der Waals surface area contributed by atoms with Crippen molar-refractivity contribution in [2.24, 2.45) is 0 Å². The molecule has 1 aromatic carbocycles. The van der Waals surface area contributed by atoms with Crippen molar-refractivity contribution in [2.45, 2.75) is 31.8 Å². The van der Waals surface area contributed by atoms with E-state index in [0.717, 1.165) is 60.1 Å². The van der Waals surface area contributed by atoms with E-state index in [1.807, 2.05) is 54.7 Å². The minimum Gasteiger partial charge on any atom is -0.340 e. The number of hydrogen-bond acceptors (Lipinski definition) is 6. The predicted octanol–water partition coefficient (Wildman–Crippen LogP) is 5.54. The monoisotopic (exact) mass is 440 g/mol. The Labute approximate surface area is 192 Å². The minimum atomic E-state index is -0.321. The Morgan fingerprint density at radius 1 is 0.970 bits per heavy atom. The number of nitrogens with zero attached hydrogens (tertiary/aromatic N) is 5. The van der Waals surface area contributed by atoms with Gasteiger partial charge < -0.3 is 5.32 Å². The van der Waals surface area contributed by atoms with Gasteiger partial charge in [0.2, 0.25) is 0 Å². The van der Waals surface area contributed by atoms with Crippen LogP contribution in [0.5, 0.6) is 0 Å². The van der Waals surface area contributed by atoms with Gasteiger partial charge in [0.1, 0.15) is 17.5 Å². The summed E-state index contributed by atoms with van der Waals surface area (Å²) in [7, 11) is 0. The molecule has 1 aliphatic rings. The van der Waals surface area contributed by atoms with Crippen molar-refractivity contribution >= 4 is 11.5 Å². The van der Waals surface area contributed by atoms with Crippen LogP contribution in [0.15, 0.2) is 79.3 Å². The first-order valence-electron chi connectivity index (χ1n) is 11.2. The highest BCUT2D eigenvalue weighted by atomic mass is 19.1. The highest BCUT2D eigenvalue weighted by Gasteiger charge is 2.27. The number of nitrogens with one attached hydrogen (secondary N) is 1. The molecule has 0 saturated carbocycles. The fourth-order valence-corrected chi connectivity index (χ4v) is 4.19. The van der Waals surface area contributed by atoms with Gasteiger partial charge >= 0.3 is 0 Å². The third-order valence-electron chi connectivity index (χ3n) is 5.81. The molecule has 0 amide bonds. The maximum atomic E-state index is 13.3. The van der Waals surface area contributed by atoms with Crippen molar-refractivity contribution in [2.75, 3.05) is 11.9 Å². The van der Waals surface area contributed by atoms with Crippen LogP contribution in [0.4, 0.5) is 15.9 Å².